The van der Waals surface area contributed by atoms with Crippen LogP contribution in [0.4, 0.5) is 4.39 Å². The maximum atomic E-state index is 15.0. The molecule has 0 radical (unpaired) electrons. The molecule has 1 aliphatic heterocycles. The van der Waals surface area contributed by atoms with Crippen LogP contribution >= 0.6 is 7.75 Å². The Morgan fingerprint density at radius 2 is 1.92 bits per heavy atom. The molecule has 1 aromatic heterocycles. The Kier molecular flexibility index (Phi) is 8.70. The van der Waals surface area contributed by atoms with Gasteiger partial charge in [0.25, 0.3) is 5.56 Å². The second-order valence-corrected chi connectivity index (χ2v) is 11.3. The number of H-pyrrole nitrogens is 1. The van der Waals surface area contributed by atoms with Crippen molar-refractivity contribution in [2.75, 3.05) is 6.61 Å². The Hall–Kier alpha value is -3.31. The maximum absolute atomic E-state index is 15.0. The van der Waals surface area contributed by atoms with E-state index < -0.39 is 62.2 Å². The van der Waals surface area contributed by atoms with Crippen molar-refractivity contribution >= 4 is 24.5 Å². The highest BCUT2D eigenvalue weighted by Crippen LogP contribution is 2.47. The Morgan fingerprint density at radius 3 is 2.67 bits per heavy atom. The van der Waals surface area contributed by atoms with Crippen molar-refractivity contribution in [2.24, 2.45) is 0 Å². The summed E-state index contributed by atoms with van der Waals surface area (Å²) in [5, 5.41) is 4.05. The smallest absolute Gasteiger partial charge is 0.459 e. The Labute approximate surface area is 223 Å². The fraction of sp³-hybridized carbons (Fsp3) is 0.423. The van der Waals surface area contributed by atoms with Crippen molar-refractivity contribution in [3.8, 4) is 5.75 Å². The molecule has 210 valence electrons. The molecule has 0 amide bonds. The number of carbonyl (C=O) groups excluding carboxylic acids is 1. The van der Waals surface area contributed by atoms with Crippen molar-refractivity contribution in [3.63, 3.8) is 0 Å². The highest BCUT2D eigenvalue weighted by Gasteiger charge is 2.40. The van der Waals surface area contributed by atoms with E-state index in [1.54, 1.807) is 38.1 Å². The highest BCUT2D eigenvalue weighted by atomic mass is 31.2. The van der Waals surface area contributed by atoms with Gasteiger partial charge in [-0.1, -0.05) is 36.4 Å². The van der Waals surface area contributed by atoms with Gasteiger partial charge in [0.05, 0.1) is 12.7 Å². The summed E-state index contributed by atoms with van der Waals surface area (Å²) in [6, 6.07) is 11.3. The van der Waals surface area contributed by atoms with Gasteiger partial charge in [-0.05, 0) is 39.1 Å². The van der Waals surface area contributed by atoms with Gasteiger partial charge in [-0.15, -0.1) is 0 Å². The number of aromatic amines is 1. The zero-order chi connectivity index (χ0) is 28.3. The first-order chi connectivity index (χ1) is 18.5. The van der Waals surface area contributed by atoms with E-state index >= 15 is 0 Å². The molecule has 11 nitrogen and oxygen atoms in total. The molecule has 0 saturated carbocycles. The van der Waals surface area contributed by atoms with E-state index in [-0.39, 0.29) is 17.7 Å². The number of aryl methyl sites for hydroxylation is 1. The van der Waals surface area contributed by atoms with E-state index in [4.69, 9.17) is 18.5 Å². The molecule has 1 aliphatic rings. The number of rotatable bonds is 10. The lowest BCUT2D eigenvalue weighted by Crippen LogP contribution is -2.37. The van der Waals surface area contributed by atoms with Crippen molar-refractivity contribution in [1.82, 2.24) is 14.6 Å². The molecule has 0 bridgehead atoms. The van der Waals surface area contributed by atoms with E-state index in [0.29, 0.717) is 5.39 Å². The lowest BCUT2D eigenvalue weighted by molar-refractivity contribution is -0.149. The van der Waals surface area contributed by atoms with Gasteiger partial charge < -0.3 is 14.0 Å². The SMILES string of the molecule is Cc1cn([C@H]2C[C@H](F)[C@@H](COP(=O)(N[C@@H](C)C(=O)OC(C)C)Oc3cccc4ccccc34)O2)c(=O)[nH]c1=O. The van der Waals surface area contributed by atoms with E-state index in [9.17, 15) is 23.3 Å². The fourth-order valence-corrected chi connectivity index (χ4v) is 5.62. The van der Waals surface area contributed by atoms with Crippen LogP contribution in [0.15, 0.2) is 58.3 Å². The Morgan fingerprint density at radius 1 is 1.21 bits per heavy atom. The third-order valence-electron chi connectivity index (χ3n) is 6.05. The second kappa shape index (κ2) is 11.8. The number of esters is 1. The number of alkyl halides is 1. The van der Waals surface area contributed by atoms with Crippen LogP contribution in [-0.2, 0) is 23.4 Å². The third-order valence-corrected chi connectivity index (χ3v) is 7.68. The minimum atomic E-state index is -4.31. The third kappa shape index (κ3) is 6.83. The van der Waals surface area contributed by atoms with Gasteiger partial charge in [0.2, 0.25) is 0 Å². The highest BCUT2D eigenvalue weighted by molar-refractivity contribution is 7.52. The molecular formula is C26H31FN3O8P. The zero-order valence-electron chi connectivity index (χ0n) is 22.0. The standard InChI is InChI=1S/C26H31FN3O8P/c1-15(2)36-25(32)17(4)29-39(34,38-21-11-7-9-18-8-5-6-10-19(18)21)35-14-22-20(27)12-23(37-22)30-13-16(3)24(31)28-26(30)33/h5-11,13,15,17,20,22-23H,12,14H2,1-4H3,(H,29,34)(H,28,31,33)/t17-,20-,22+,23+,39?/m0/s1. The molecule has 4 rings (SSSR count). The Bertz CT molecular complexity index is 1500. The number of nitrogens with one attached hydrogen (secondary N) is 2. The van der Waals surface area contributed by atoms with Crippen LogP contribution in [0.5, 0.6) is 5.75 Å². The number of hydrogen-bond donors (Lipinski definition) is 2. The van der Waals surface area contributed by atoms with Gasteiger partial charge >= 0.3 is 19.4 Å². The number of nitrogens with zero attached hydrogens (tertiary/aromatic N) is 1. The maximum Gasteiger partial charge on any atom is 0.459 e. The normalized spacial score (nSPS) is 21.5. The van der Waals surface area contributed by atoms with Crippen LogP contribution in [0, 0.1) is 6.92 Å². The average Bonchev–Trinajstić information content (AvgIpc) is 3.25. The average molecular weight is 564 g/mol. The molecule has 1 unspecified atom stereocenters. The summed E-state index contributed by atoms with van der Waals surface area (Å²) < 4.78 is 52.4. The molecule has 0 spiro atoms. The quantitative estimate of drug-likeness (QED) is 0.279. The molecule has 1 fully saturated rings. The fourth-order valence-electron chi connectivity index (χ4n) is 4.10. The van der Waals surface area contributed by atoms with Crippen LogP contribution in [0.2, 0.25) is 0 Å². The van der Waals surface area contributed by atoms with E-state index in [0.717, 1.165) is 9.95 Å². The van der Waals surface area contributed by atoms with Crippen LogP contribution in [-0.4, -0.2) is 46.5 Å². The van der Waals surface area contributed by atoms with Crippen LogP contribution in [0.25, 0.3) is 10.8 Å². The molecular weight excluding hydrogens is 532 g/mol. The van der Waals surface area contributed by atoms with Crippen molar-refractivity contribution in [1.29, 1.82) is 0 Å². The summed E-state index contributed by atoms with van der Waals surface area (Å²) >= 11 is 0. The van der Waals surface area contributed by atoms with Crippen molar-refractivity contribution < 1.29 is 32.3 Å². The summed E-state index contributed by atoms with van der Waals surface area (Å²) in [6.07, 6.45) is -3.11. The van der Waals surface area contributed by atoms with Gasteiger partial charge in [-0.3, -0.25) is 23.7 Å². The minimum absolute atomic E-state index is 0.196. The predicted octanol–water partition coefficient (Wildman–Crippen LogP) is 3.76. The summed E-state index contributed by atoms with van der Waals surface area (Å²) in [4.78, 5) is 38.5. The number of hydrogen-bond acceptors (Lipinski definition) is 8. The molecule has 13 heteroatoms. The number of fused-ring (bicyclic) bond motifs is 1. The predicted molar refractivity (Wildman–Crippen MR) is 141 cm³/mol. The summed E-state index contributed by atoms with van der Waals surface area (Å²) in [6.45, 7) is 5.79. The Balaban J connectivity index is 1.55. The van der Waals surface area contributed by atoms with Gasteiger partial charge in [-0.25, -0.2) is 13.8 Å². The molecule has 2 N–H and O–H groups in total. The van der Waals surface area contributed by atoms with Crippen molar-refractivity contribution in [3.05, 3.63) is 75.1 Å². The number of ether oxygens (including phenoxy) is 2. The first-order valence-corrected chi connectivity index (χ1v) is 14.0. The monoisotopic (exact) mass is 563 g/mol. The van der Waals surface area contributed by atoms with E-state index in [1.807, 2.05) is 18.2 Å². The van der Waals surface area contributed by atoms with Gasteiger partial charge in [0, 0.05) is 23.6 Å². The van der Waals surface area contributed by atoms with Crippen LogP contribution < -0.4 is 20.9 Å². The van der Waals surface area contributed by atoms with Crippen LogP contribution in [0.1, 0.15) is 39.0 Å². The lowest BCUT2D eigenvalue weighted by atomic mass is 10.1. The summed E-state index contributed by atoms with van der Waals surface area (Å²) in [7, 11) is -4.31. The molecule has 3 aromatic rings. The number of carbonyl (C=O) groups is 1. The molecule has 0 aliphatic carbocycles. The minimum Gasteiger partial charge on any atom is -0.462 e. The first-order valence-electron chi connectivity index (χ1n) is 12.5. The van der Waals surface area contributed by atoms with E-state index in [2.05, 4.69) is 10.1 Å². The van der Waals surface area contributed by atoms with Crippen molar-refractivity contribution in [2.45, 2.75) is 64.8 Å². The number of benzene rings is 2. The first kappa shape index (κ1) is 28.7. The number of aromatic nitrogens is 2. The second-order valence-electron chi connectivity index (χ2n) is 9.56. The molecule has 2 aromatic carbocycles. The zero-order valence-corrected chi connectivity index (χ0v) is 22.9. The van der Waals surface area contributed by atoms with Gasteiger partial charge in [0.1, 0.15) is 30.3 Å². The van der Waals surface area contributed by atoms with Crippen LogP contribution in [0.3, 0.4) is 0 Å². The molecule has 1 saturated heterocycles. The molecule has 39 heavy (non-hydrogen) atoms. The summed E-state index contributed by atoms with van der Waals surface area (Å²) in [5.41, 5.74) is -1.03. The topological polar surface area (TPSA) is 138 Å². The van der Waals surface area contributed by atoms with E-state index in [1.165, 1.54) is 20.0 Å². The van der Waals surface area contributed by atoms with Gasteiger partial charge in [0.15, 0.2) is 0 Å². The molecule has 2 heterocycles. The lowest BCUT2D eigenvalue weighted by Gasteiger charge is -2.25. The largest absolute Gasteiger partial charge is 0.462 e. The number of halogens is 1. The van der Waals surface area contributed by atoms with Gasteiger partial charge in [-0.2, -0.15) is 5.09 Å². The summed E-state index contributed by atoms with van der Waals surface area (Å²) in [5.74, 6) is -0.450. The molecule has 5 atom stereocenters.